The Kier molecular flexibility index (Phi) is 8.69. The van der Waals surface area contributed by atoms with Crippen LogP contribution in [0.2, 0.25) is 0 Å². The molecule has 2 aromatic heterocycles. The molecule has 12 heteroatoms. The number of benzene rings is 1. The molecule has 32 heavy (non-hydrogen) atoms. The summed E-state index contributed by atoms with van der Waals surface area (Å²) in [4.78, 5) is 34.2. The van der Waals surface area contributed by atoms with E-state index in [0.717, 1.165) is 5.56 Å². The summed E-state index contributed by atoms with van der Waals surface area (Å²) >= 11 is 0. The lowest BCUT2D eigenvalue weighted by molar-refractivity contribution is -0.141. The number of aromatic amines is 1. The van der Waals surface area contributed by atoms with E-state index in [9.17, 15) is 9.59 Å². The second-order valence-electron chi connectivity index (χ2n) is 6.88. The van der Waals surface area contributed by atoms with Gasteiger partial charge in [-0.15, -0.1) is 0 Å². The number of carbonyl (C=O) groups is 1. The molecule has 1 aromatic carbocycles. The smallest absolute Gasteiger partial charge is 0.320 e. The highest BCUT2D eigenvalue weighted by Gasteiger charge is 2.14. The first-order valence-electron chi connectivity index (χ1n) is 10.1. The Morgan fingerprint density at radius 3 is 2.84 bits per heavy atom. The number of esters is 1. The van der Waals surface area contributed by atoms with Crippen LogP contribution in [0, 0.1) is 6.92 Å². The van der Waals surface area contributed by atoms with Gasteiger partial charge < -0.3 is 24.3 Å². The number of aryl methyl sites for hydroxylation is 1. The third kappa shape index (κ3) is 6.83. The molecule has 0 saturated carbocycles. The number of fused-ring (bicyclic) bond motifs is 1. The number of ether oxygens (including phenoxy) is 2. The molecule has 172 valence electrons. The minimum absolute atomic E-state index is 0.0290. The molecule has 1 unspecified atom stereocenters. The van der Waals surface area contributed by atoms with Crippen molar-refractivity contribution in [3.05, 3.63) is 52.1 Å². The van der Waals surface area contributed by atoms with Crippen molar-refractivity contribution in [2.24, 2.45) is 0 Å². The molecule has 0 bridgehead atoms. The molecule has 0 aliphatic carbocycles. The maximum Gasteiger partial charge on any atom is 0.320 e. The summed E-state index contributed by atoms with van der Waals surface area (Å²) in [5, 5.41) is 3.07. The fraction of sp³-hybridized carbons (Fsp3) is 0.400. The Morgan fingerprint density at radius 2 is 2.09 bits per heavy atom. The van der Waals surface area contributed by atoms with E-state index in [2.05, 4.69) is 20.0 Å². The molecule has 4 N–H and O–H groups in total. The molecule has 3 rings (SSSR count). The number of nitrogen functional groups attached to an aromatic ring is 1. The molecule has 0 spiro atoms. The first-order chi connectivity index (χ1) is 15.5. The van der Waals surface area contributed by atoms with Crippen molar-refractivity contribution in [1.82, 2.24) is 24.6 Å². The number of aromatic nitrogens is 4. The summed E-state index contributed by atoms with van der Waals surface area (Å²) in [5.41, 5.74) is 8.05. The minimum Gasteiger partial charge on any atom is -0.465 e. The van der Waals surface area contributed by atoms with Gasteiger partial charge in [-0.1, -0.05) is 29.8 Å². The zero-order valence-electron chi connectivity index (χ0n) is 18.0. The maximum absolute atomic E-state index is 11.9. The van der Waals surface area contributed by atoms with Crippen LogP contribution in [0.1, 0.15) is 18.1 Å². The lowest BCUT2D eigenvalue weighted by atomic mass is 10.2. The van der Waals surface area contributed by atoms with Gasteiger partial charge in [0, 0.05) is 6.54 Å². The SMILES string of the molecule is CCOC(=O)CNP(COCCn1cnc2c(=O)[nH]c(N)nc21)OCc1ccc(C)cc1. The topological polar surface area (TPSA) is 146 Å². The van der Waals surface area contributed by atoms with Crippen LogP contribution in [0.5, 0.6) is 0 Å². The first kappa shape index (κ1) is 23.8. The monoisotopic (exact) mass is 462 g/mol. The fourth-order valence-corrected chi connectivity index (χ4v) is 3.94. The molecule has 3 aromatic rings. The van der Waals surface area contributed by atoms with Gasteiger partial charge in [-0.05, 0) is 19.4 Å². The molecule has 0 amide bonds. The van der Waals surface area contributed by atoms with Crippen LogP contribution in [0.25, 0.3) is 11.2 Å². The Hall–Kier alpha value is -2.85. The average molecular weight is 462 g/mol. The summed E-state index contributed by atoms with van der Waals surface area (Å²) in [6.45, 7) is 5.28. The summed E-state index contributed by atoms with van der Waals surface area (Å²) in [5.74, 6) is -0.320. The second-order valence-corrected chi connectivity index (χ2v) is 8.47. The van der Waals surface area contributed by atoms with E-state index in [-0.39, 0.29) is 35.9 Å². The summed E-state index contributed by atoms with van der Waals surface area (Å²) in [6, 6.07) is 8.04. The fourth-order valence-electron chi connectivity index (χ4n) is 2.77. The summed E-state index contributed by atoms with van der Waals surface area (Å²) < 4.78 is 18.4. The normalized spacial score (nSPS) is 12.2. The van der Waals surface area contributed by atoms with Crippen molar-refractivity contribution in [1.29, 1.82) is 0 Å². The Balaban J connectivity index is 1.53. The van der Waals surface area contributed by atoms with Crippen molar-refractivity contribution < 1.29 is 18.8 Å². The molecule has 0 fully saturated rings. The van der Waals surface area contributed by atoms with Crippen molar-refractivity contribution >= 4 is 31.4 Å². The molecule has 2 heterocycles. The van der Waals surface area contributed by atoms with E-state index >= 15 is 0 Å². The van der Waals surface area contributed by atoms with Crippen molar-refractivity contribution in [3.63, 3.8) is 0 Å². The highest BCUT2D eigenvalue weighted by atomic mass is 31.2. The third-order valence-electron chi connectivity index (χ3n) is 4.39. The van der Waals surface area contributed by atoms with Gasteiger partial charge in [-0.3, -0.25) is 19.7 Å². The first-order valence-corrected chi connectivity index (χ1v) is 11.5. The van der Waals surface area contributed by atoms with E-state index in [4.69, 9.17) is 19.7 Å². The van der Waals surface area contributed by atoms with Crippen LogP contribution < -0.4 is 16.4 Å². The number of hydrogen-bond donors (Lipinski definition) is 3. The van der Waals surface area contributed by atoms with Crippen molar-refractivity contribution in [2.45, 2.75) is 27.0 Å². The molecular formula is C20H27N6O5P. The van der Waals surface area contributed by atoms with Gasteiger partial charge in [0.2, 0.25) is 5.95 Å². The van der Waals surface area contributed by atoms with Crippen LogP contribution in [-0.2, 0) is 31.9 Å². The second kappa shape index (κ2) is 11.7. The van der Waals surface area contributed by atoms with Gasteiger partial charge in [0.1, 0.15) is 14.6 Å². The predicted molar refractivity (Wildman–Crippen MR) is 121 cm³/mol. The molecule has 1 atom stereocenters. The number of hydrogen-bond acceptors (Lipinski definition) is 9. The van der Waals surface area contributed by atoms with Crippen LogP contribution in [-0.4, -0.2) is 51.6 Å². The highest BCUT2D eigenvalue weighted by molar-refractivity contribution is 7.50. The molecule has 11 nitrogen and oxygen atoms in total. The highest BCUT2D eigenvalue weighted by Crippen LogP contribution is 2.33. The van der Waals surface area contributed by atoms with Crippen molar-refractivity contribution in [2.75, 3.05) is 31.8 Å². The number of H-pyrrole nitrogens is 1. The van der Waals surface area contributed by atoms with Gasteiger partial charge in [0.05, 0.1) is 32.7 Å². The number of anilines is 1. The van der Waals surface area contributed by atoms with E-state index in [1.165, 1.54) is 11.9 Å². The van der Waals surface area contributed by atoms with E-state index in [1.807, 2.05) is 31.2 Å². The Labute approximate surface area is 186 Å². The number of nitrogens with zero attached hydrogens (tertiary/aromatic N) is 3. The molecular weight excluding hydrogens is 435 g/mol. The van der Waals surface area contributed by atoms with Gasteiger partial charge in [-0.25, -0.2) is 4.98 Å². The lowest BCUT2D eigenvalue weighted by Crippen LogP contribution is -2.23. The minimum atomic E-state index is -1.24. The number of rotatable bonds is 12. The van der Waals surface area contributed by atoms with Crippen LogP contribution in [0.15, 0.2) is 35.4 Å². The predicted octanol–water partition coefficient (Wildman–Crippen LogP) is 1.67. The number of nitrogens with two attached hydrogens (primary N) is 1. The van der Waals surface area contributed by atoms with Gasteiger partial charge in [-0.2, -0.15) is 4.98 Å². The Bertz CT molecular complexity index is 1080. The summed E-state index contributed by atoms with van der Waals surface area (Å²) in [7, 11) is -1.24. The standard InChI is InChI=1S/C20H27N6O5P/c1-3-30-16(27)10-23-32(31-11-15-6-4-14(2)5-7-15)13-29-9-8-26-12-22-17-18(26)24-20(21)25-19(17)28/h4-7,12,23H,3,8-11,13H2,1-2H3,(H3,21,24,25,28). The average Bonchev–Trinajstić information content (AvgIpc) is 3.17. The zero-order valence-corrected chi connectivity index (χ0v) is 18.9. The maximum atomic E-state index is 11.9. The number of imidazole rings is 1. The third-order valence-corrected chi connectivity index (χ3v) is 5.76. The van der Waals surface area contributed by atoms with Crippen molar-refractivity contribution in [3.8, 4) is 0 Å². The quantitative estimate of drug-likeness (QED) is 0.208. The van der Waals surface area contributed by atoms with Crippen LogP contribution in [0.3, 0.4) is 0 Å². The number of carbonyl (C=O) groups excluding carboxylic acids is 1. The van der Waals surface area contributed by atoms with E-state index in [1.54, 1.807) is 11.5 Å². The largest absolute Gasteiger partial charge is 0.465 e. The van der Waals surface area contributed by atoms with Gasteiger partial charge in [0.25, 0.3) is 5.56 Å². The van der Waals surface area contributed by atoms with E-state index in [0.29, 0.717) is 32.0 Å². The van der Waals surface area contributed by atoms with Crippen LogP contribution in [0.4, 0.5) is 5.95 Å². The lowest BCUT2D eigenvalue weighted by Gasteiger charge is -2.19. The van der Waals surface area contributed by atoms with Gasteiger partial charge in [0.15, 0.2) is 11.2 Å². The van der Waals surface area contributed by atoms with E-state index < -0.39 is 8.30 Å². The van der Waals surface area contributed by atoms with Crippen LogP contribution >= 0.6 is 8.30 Å². The zero-order chi connectivity index (χ0) is 22.9. The molecule has 0 radical (unpaired) electrons. The van der Waals surface area contributed by atoms with Gasteiger partial charge >= 0.3 is 5.97 Å². The Morgan fingerprint density at radius 1 is 1.31 bits per heavy atom. The molecule has 0 aliphatic heterocycles. The molecule has 0 aliphatic rings. The number of nitrogens with one attached hydrogen (secondary N) is 2. The summed E-state index contributed by atoms with van der Waals surface area (Å²) in [6.07, 6.45) is 1.79. The molecule has 0 saturated heterocycles.